The van der Waals surface area contributed by atoms with Crippen LogP contribution in [0.25, 0.3) is 0 Å². The lowest BCUT2D eigenvalue weighted by molar-refractivity contribution is -0.144. The van der Waals surface area contributed by atoms with E-state index in [1.54, 1.807) is 6.92 Å². The van der Waals surface area contributed by atoms with E-state index in [1.165, 1.54) is 0 Å². The zero-order valence-electron chi connectivity index (χ0n) is 6.96. The number of carbonyl (C=O) groups is 1. The van der Waals surface area contributed by atoms with Crippen LogP contribution in [0.4, 0.5) is 0 Å². The maximum Gasteiger partial charge on any atom is 0.308 e. The molecule has 0 saturated carbocycles. The Bertz CT molecular complexity index is 95.7. The zero-order valence-corrected chi connectivity index (χ0v) is 7.78. The second-order valence-electron chi connectivity index (χ2n) is 1.75. The van der Waals surface area contributed by atoms with Gasteiger partial charge in [-0.1, -0.05) is 0 Å². The Morgan fingerprint density at radius 1 is 1.27 bits per heavy atom. The average Bonchev–Trinajstić information content (AvgIpc) is 1.89. The fraction of sp³-hybridized carbons (Fsp3) is 0.857. The summed E-state index contributed by atoms with van der Waals surface area (Å²) in [5.74, 6) is -0.184. The van der Waals surface area contributed by atoms with Crippen LogP contribution >= 0.6 is 12.4 Å². The highest BCUT2D eigenvalue weighted by Crippen LogP contribution is 1.86. The third-order valence-corrected chi connectivity index (χ3v) is 0.960. The molecule has 0 radical (unpaired) electrons. The molecule has 11 heavy (non-hydrogen) atoms. The predicted octanol–water partition coefficient (Wildman–Crippen LogP) is 1.40. The van der Waals surface area contributed by atoms with Crippen LogP contribution in [0, 0.1) is 0 Å². The number of esters is 1. The van der Waals surface area contributed by atoms with Gasteiger partial charge in [-0.05, 0) is 13.8 Å². The standard InChI is InChI=1S/C7H14O3.ClH/c1-3-9-6-5-7(8)10-4-2;/h3-6H2,1-2H3;1H. The molecule has 4 heteroatoms. The van der Waals surface area contributed by atoms with Crippen LogP contribution < -0.4 is 0 Å². The topological polar surface area (TPSA) is 35.5 Å². The summed E-state index contributed by atoms with van der Waals surface area (Å²) in [6.45, 7) is 5.25. The zero-order chi connectivity index (χ0) is 7.82. The Hall–Kier alpha value is -0.280. The highest BCUT2D eigenvalue weighted by Gasteiger charge is 1.98. The third kappa shape index (κ3) is 9.72. The van der Waals surface area contributed by atoms with Gasteiger partial charge in [-0.15, -0.1) is 12.4 Å². The molecule has 0 saturated heterocycles. The van der Waals surface area contributed by atoms with Crippen molar-refractivity contribution in [2.75, 3.05) is 19.8 Å². The first kappa shape index (κ1) is 13.3. The molecule has 0 bridgehead atoms. The van der Waals surface area contributed by atoms with Gasteiger partial charge < -0.3 is 9.47 Å². The summed E-state index contributed by atoms with van der Waals surface area (Å²) >= 11 is 0. The molecule has 3 nitrogen and oxygen atoms in total. The van der Waals surface area contributed by atoms with Gasteiger partial charge in [0.25, 0.3) is 0 Å². The Morgan fingerprint density at radius 3 is 2.36 bits per heavy atom. The smallest absolute Gasteiger partial charge is 0.308 e. The van der Waals surface area contributed by atoms with Crippen molar-refractivity contribution in [2.24, 2.45) is 0 Å². The van der Waals surface area contributed by atoms with E-state index in [2.05, 4.69) is 4.74 Å². The van der Waals surface area contributed by atoms with Gasteiger partial charge in [0, 0.05) is 6.61 Å². The normalized spacial score (nSPS) is 8.55. The van der Waals surface area contributed by atoms with Crippen molar-refractivity contribution in [3.8, 4) is 0 Å². The molecule has 0 aromatic rings. The summed E-state index contributed by atoms with van der Waals surface area (Å²) in [7, 11) is 0. The van der Waals surface area contributed by atoms with Crippen molar-refractivity contribution < 1.29 is 14.3 Å². The van der Waals surface area contributed by atoms with Crippen LogP contribution in [-0.4, -0.2) is 25.8 Å². The van der Waals surface area contributed by atoms with E-state index >= 15 is 0 Å². The maximum absolute atomic E-state index is 10.6. The quantitative estimate of drug-likeness (QED) is 0.476. The van der Waals surface area contributed by atoms with Crippen LogP contribution in [0.5, 0.6) is 0 Å². The van der Waals surface area contributed by atoms with Gasteiger partial charge in [0.1, 0.15) is 0 Å². The molecule has 0 heterocycles. The van der Waals surface area contributed by atoms with Gasteiger partial charge in [-0.3, -0.25) is 4.79 Å². The minimum atomic E-state index is -0.184. The monoisotopic (exact) mass is 182 g/mol. The van der Waals surface area contributed by atoms with Crippen LogP contribution in [0.15, 0.2) is 0 Å². The number of ether oxygens (including phenoxy) is 2. The SMILES string of the molecule is CCOCCC(=O)OCC.Cl. The predicted molar refractivity (Wildman–Crippen MR) is 45.0 cm³/mol. The van der Waals surface area contributed by atoms with Gasteiger partial charge in [0.05, 0.1) is 19.6 Å². The molecule has 0 fully saturated rings. The molecule has 0 aromatic carbocycles. The summed E-state index contributed by atoms with van der Waals surface area (Å²) < 4.78 is 9.62. The lowest BCUT2D eigenvalue weighted by Gasteiger charge is -2.00. The first-order valence-corrected chi connectivity index (χ1v) is 3.54. The molecule has 0 atom stereocenters. The van der Waals surface area contributed by atoms with Crippen molar-refractivity contribution in [3.05, 3.63) is 0 Å². The molecule has 0 spiro atoms. The molecule has 0 amide bonds. The molecule has 0 unspecified atom stereocenters. The Labute approximate surface area is 73.5 Å². The minimum absolute atomic E-state index is 0. The number of hydrogen-bond donors (Lipinski definition) is 0. The summed E-state index contributed by atoms with van der Waals surface area (Å²) in [5.41, 5.74) is 0. The molecular weight excluding hydrogens is 168 g/mol. The number of halogens is 1. The van der Waals surface area contributed by atoms with Crippen molar-refractivity contribution in [2.45, 2.75) is 20.3 Å². The molecule has 0 aliphatic carbocycles. The van der Waals surface area contributed by atoms with E-state index in [0.29, 0.717) is 26.2 Å². The second kappa shape index (κ2) is 9.72. The average molecular weight is 183 g/mol. The molecular formula is C7H15ClO3. The second-order valence-corrected chi connectivity index (χ2v) is 1.75. The van der Waals surface area contributed by atoms with Crippen LogP contribution in [0.2, 0.25) is 0 Å². The summed E-state index contributed by atoms with van der Waals surface area (Å²) in [4.78, 5) is 10.6. The number of carbonyl (C=O) groups excluding carboxylic acids is 1. The highest BCUT2D eigenvalue weighted by atomic mass is 35.5. The lowest BCUT2D eigenvalue weighted by Crippen LogP contribution is -2.07. The molecule has 0 aliphatic heterocycles. The molecule has 68 valence electrons. The van der Waals surface area contributed by atoms with Crippen LogP contribution in [0.1, 0.15) is 20.3 Å². The van der Waals surface area contributed by atoms with Crippen LogP contribution in [0.3, 0.4) is 0 Å². The molecule has 0 N–H and O–H groups in total. The van der Waals surface area contributed by atoms with E-state index in [4.69, 9.17) is 4.74 Å². The van der Waals surface area contributed by atoms with E-state index < -0.39 is 0 Å². The van der Waals surface area contributed by atoms with E-state index in [9.17, 15) is 4.79 Å². The molecule has 0 rings (SSSR count). The Balaban J connectivity index is 0. The summed E-state index contributed by atoms with van der Waals surface area (Å²) in [5, 5.41) is 0. The first-order chi connectivity index (χ1) is 4.81. The number of hydrogen-bond acceptors (Lipinski definition) is 3. The van der Waals surface area contributed by atoms with Gasteiger partial charge in [-0.2, -0.15) is 0 Å². The largest absolute Gasteiger partial charge is 0.466 e. The van der Waals surface area contributed by atoms with E-state index in [1.807, 2.05) is 6.92 Å². The fourth-order valence-corrected chi connectivity index (χ4v) is 0.533. The highest BCUT2D eigenvalue weighted by molar-refractivity contribution is 5.85. The molecule has 0 aromatic heterocycles. The Morgan fingerprint density at radius 2 is 1.91 bits per heavy atom. The maximum atomic E-state index is 10.6. The van der Waals surface area contributed by atoms with Crippen molar-refractivity contribution >= 4 is 18.4 Å². The molecule has 0 aliphatic rings. The minimum Gasteiger partial charge on any atom is -0.466 e. The summed E-state index contributed by atoms with van der Waals surface area (Å²) in [6.07, 6.45) is 0.363. The Kier molecular flexibility index (Phi) is 11.8. The van der Waals surface area contributed by atoms with Crippen molar-refractivity contribution in [1.82, 2.24) is 0 Å². The van der Waals surface area contributed by atoms with E-state index in [-0.39, 0.29) is 18.4 Å². The number of rotatable bonds is 5. The van der Waals surface area contributed by atoms with Gasteiger partial charge in [0.15, 0.2) is 0 Å². The van der Waals surface area contributed by atoms with Gasteiger partial charge in [-0.25, -0.2) is 0 Å². The summed E-state index contributed by atoms with van der Waals surface area (Å²) in [6, 6.07) is 0. The third-order valence-electron chi connectivity index (χ3n) is 0.960. The van der Waals surface area contributed by atoms with Crippen molar-refractivity contribution in [1.29, 1.82) is 0 Å². The van der Waals surface area contributed by atoms with Crippen LogP contribution in [-0.2, 0) is 14.3 Å². The van der Waals surface area contributed by atoms with Gasteiger partial charge >= 0.3 is 5.97 Å². The van der Waals surface area contributed by atoms with E-state index in [0.717, 1.165) is 0 Å². The van der Waals surface area contributed by atoms with Crippen molar-refractivity contribution in [3.63, 3.8) is 0 Å². The lowest BCUT2D eigenvalue weighted by atomic mass is 10.5. The fourth-order valence-electron chi connectivity index (χ4n) is 0.533. The first-order valence-electron chi connectivity index (χ1n) is 3.54. The van der Waals surface area contributed by atoms with Gasteiger partial charge in [0.2, 0.25) is 0 Å².